The molecule has 0 saturated carbocycles. The van der Waals surface area contributed by atoms with Crippen LogP contribution < -0.4 is 10.1 Å². The van der Waals surface area contributed by atoms with Gasteiger partial charge in [0.2, 0.25) is 15.7 Å². The average molecular weight is 538 g/mol. The summed E-state index contributed by atoms with van der Waals surface area (Å²) in [6, 6.07) is 10.5. The minimum atomic E-state index is -4.33. The molecular formula is C27H27N3O7S. The highest BCUT2D eigenvalue weighted by Gasteiger charge is 2.32. The summed E-state index contributed by atoms with van der Waals surface area (Å²) in [5, 5.41) is 12.4. The molecule has 198 valence electrons. The number of hydrogen-bond acceptors (Lipinski definition) is 6. The van der Waals surface area contributed by atoms with Crippen molar-refractivity contribution in [1.29, 1.82) is 0 Å². The van der Waals surface area contributed by atoms with Crippen molar-refractivity contribution in [2.24, 2.45) is 0 Å². The molecule has 2 heterocycles. The number of fused-ring (bicyclic) bond motifs is 1. The first-order valence-electron chi connectivity index (χ1n) is 11.7. The number of amides is 2. The van der Waals surface area contributed by atoms with Crippen LogP contribution in [-0.4, -0.2) is 62.4 Å². The van der Waals surface area contributed by atoms with Gasteiger partial charge in [0.25, 0.3) is 5.91 Å². The van der Waals surface area contributed by atoms with E-state index in [-0.39, 0.29) is 56.8 Å². The number of carboxylic acids is 1. The van der Waals surface area contributed by atoms with E-state index in [4.69, 9.17) is 4.74 Å². The van der Waals surface area contributed by atoms with Crippen molar-refractivity contribution in [3.8, 4) is 5.75 Å². The Balaban J connectivity index is 1.93. The van der Waals surface area contributed by atoms with E-state index < -0.39 is 15.8 Å². The van der Waals surface area contributed by atoms with Gasteiger partial charge < -0.3 is 25.0 Å². The fourth-order valence-corrected chi connectivity index (χ4v) is 6.36. The number of aryl methyl sites for hydroxylation is 1. The summed E-state index contributed by atoms with van der Waals surface area (Å²) in [5.74, 6) is -1.43. The lowest BCUT2D eigenvalue weighted by Crippen LogP contribution is -2.22. The number of anilines is 1. The van der Waals surface area contributed by atoms with Gasteiger partial charge in [-0.2, -0.15) is 0 Å². The number of H-pyrrole nitrogens is 1. The van der Waals surface area contributed by atoms with Crippen LogP contribution in [0.5, 0.6) is 5.75 Å². The Morgan fingerprint density at radius 3 is 2.50 bits per heavy atom. The number of methoxy groups -OCH3 is 1. The van der Waals surface area contributed by atoms with Gasteiger partial charge >= 0.3 is 5.97 Å². The van der Waals surface area contributed by atoms with Crippen LogP contribution in [0.1, 0.15) is 39.3 Å². The second kappa shape index (κ2) is 10.2. The summed E-state index contributed by atoms with van der Waals surface area (Å²) >= 11 is 0. The number of benzene rings is 2. The van der Waals surface area contributed by atoms with Gasteiger partial charge in [0, 0.05) is 43.2 Å². The zero-order chi connectivity index (χ0) is 27.8. The van der Waals surface area contributed by atoms with Gasteiger partial charge in [-0.25, -0.2) is 13.2 Å². The van der Waals surface area contributed by atoms with Crippen LogP contribution in [0, 0.1) is 6.92 Å². The number of sulfone groups is 1. The Morgan fingerprint density at radius 1 is 1.13 bits per heavy atom. The van der Waals surface area contributed by atoms with E-state index in [0.717, 1.165) is 0 Å². The van der Waals surface area contributed by atoms with Gasteiger partial charge in [0.05, 0.1) is 28.0 Å². The summed E-state index contributed by atoms with van der Waals surface area (Å²) in [6.07, 6.45) is 1.59. The lowest BCUT2D eigenvalue weighted by Gasteiger charge is -2.13. The Kier molecular flexibility index (Phi) is 7.14. The molecule has 2 aromatic carbocycles. The molecule has 0 saturated heterocycles. The Bertz CT molecular complexity index is 1600. The Morgan fingerprint density at radius 2 is 1.84 bits per heavy atom. The van der Waals surface area contributed by atoms with Crippen molar-refractivity contribution < 1.29 is 32.6 Å². The van der Waals surface area contributed by atoms with E-state index in [1.807, 2.05) is 0 Å². The van der Waals surface area contributed by atoms with Crippen molar-refractivity contribution in [3.05, 3.63) is 70.5 Å². The van der Waals surface area contributed by atoms with Crippen LogP contribution >= 0.6 is 0 Å². The number of aromatic nitrogens is 1. The van der Waals surface area contributed by atoms with Crippen LogP contribution in [0.25, 0.3) is 11.6 Å². The topological polar surface area (TPSA) is 146 Å². The lowest BCUT2D eigenvalue weighted by atomic mass is 10.0. The maximum Gasteiger partial charge on any atom is 0.337 e. The van der Waals surface area contributed by atoms with E-state index >= 15 is 0 Å². The quantitative estimate of drug-likeness (QED) is 0.374. The highest BCUT2D eigenvalue weighted by atomic mass is 32.2. The molecule has 4 rings (SSSR count). The number of carbonyl (C=O) groups is 3. The molecule has 0 aliphatic carbocycles. The SMILES string of the molecule is COc1ccc2c(c1)C(=Cc1[nH]c(C)c(S(=O)(=O)c3ccccc3C(=O)O)c1CCC(=O)N(C)C)C(=O)N2. The summed E-state index contributed by atoms with van der Waals surface area (Å²) in [4.78, 5) is 41.1. The number of carboxylic acid groups (broad SMARTS) is 1. The minimum Gasteiger partial charge on any atom is -0.497 e. The van der Waals surface area contributed by atoms with Crippen LogP contribution in [-0.2, 0) is 25.8 Å². The van der Waals surface area contributed by atoms with Gasteiger partial charge in [0.1, 0.15) is 5.75 Å². The number of hydrogen-bond donors (Lipinski definition) is 3. The number of aromatic carboxylic acids is 1. The summed E-state index contributed by atoms with van der Waals surface area (Å²) < 4.78 is 33.0. The molecule has 0 radical (unpaired) electrons. The normalized spacial score (nSPS) is 13.8. The molecule has 0 fully saturated rings. The number of carbonyl (C=O) groups excluding carboxylic acids is 2. The van der Waals surface area contributed by atoms with Gasteiger partial charge in [-0.1, -0.05) is 12.1 Å². The zero-order valence-corrected chi connectivity index (χ0v) is 22.1. The molecule has 0 bridgehead atoms. The molecule has 0 spiro atoms. The van der Waals surface area contributed by atoms with Gasteiger partial charge in [-0.3, -0.25) is 9.59 Å². The number of ether oxygens (including phenoxy) is 1. The second-order valence-electron chi connectivity index (χ2n) is 8.99. The molecule has 0 atom stereocenters. The lowest BCUT2D eigenvalue weighted by molar-refractivity contribution is -0.128. The third kappa shape index (κ3) is 4.80. The highest BCUT2D eigenvalue weighted by Crippen LogP contribution is 2.38. The molecule has 1 aliphatic heterocycles. The van der Waals surface area contributed by atoms with Gasteiger partial charge in [-0.05, 0) is 55.3 Å². The first-order chi connectivity index (χ1) is 17.9. The van der Waals surface area contributed by atoms with E-state index in [1.165, 1.54) is 36.3 Å². The van der Waals surface area contributed by atoms with E-state index in [9.17, 15) is 27.9 Å². The standard InChI is InChI=1S/C27H27N3O7S/c1-15-25(38(35,36)23-8-6-5-7-18(23)27(33)34)17(10-12-24(31)30(2)3)22(28-15)14-20-19-13-16(37-4)9-11-21(19)29-26(20)32/h5-9,11,13-14,28H,10,12H2,1-4H3,(H,29,32)(H,33,34). The van der Waals surface area contributed by atoms with Crippen LogP contribution in [0.4, 0.5) is 5.69 Å². The molecule has 3 aromatic rings. The van der Waals surface area contributed by atoms with E-state index in [1.54, 1.807) is 45.3 Å². The van der Waals surface area contributed by atoms with Gasteiger partial charge in [-0.15, -0.1) is 0 Å². The van der Waals surface area contributed by atoms with Crippen molar-refractivity contribution >= 4 is 45.0 Å². The zero-order valence-electron chi connectivity index (χ0n) is 21.3. The molecule has 11 heteroatoms. The minimum absolute atomic E-state index is 0.000169. The number of nitrogens with one attached hydrogen (secondary N) is 2. The van der Waals surface area contributed by atoms with Crippen molar-refractivity contribution in [2.45, 2.75) is 29.6 Å². The molecule has 1 aliphatic rings. The molecular weight excluding hydrogens is 510 g/mol. The van der Waals surface area contributed by atoms with Crippen LogP contribution in [0.15, 0.2) is 52.3 Å². The average Bonchev–Trinajstić information content (AvgIpc) is 3.37. The van der Waals surface area contributed by atoms with Gasteiger partial charge in [0.15, 0.2) is 0 Å². The van der Waals surface area contributed by atoms with Crippen molar-refractivity contribution in [2.75, 3.05) is 26.5 Å². The predicted octanol–water partition coefficient (Wildman–Crippen LogP) is 3.38. The summed E-state index contributed by atoms with van der Waals surface area (Å²) in [5.41, 5.74) is 1.97. The fraction of sp³-hybridized carbons (Fsp3) is 0.222. The van der Waals surface area contributed by atoms with Crippen molar-refractivity contribution in [3.63, 3.8) is 0 Å². The first-order valence-corrected chi connectivity index (χ1v) is 13.1. The number of aromatic amines is 1. The molecule has 10 nitrogen and oxygen atoms in total. The summed E-state index contributed by atoms with van der Waals surface area (Å²) in [6.45, 7) is 1.56. The largest absolute Gasteiger partial charge is 0.497 e. The molecule has 2 amide bonds. The number of rotatable bonds is 8. The van der Waals surface area contributed by atoms with Crippen molar-refractivity contribution in [1.82, 2.24) is 9.88 Å². The first kappa shape index (κ1) is 26.7. The highest BCUT2D eigenvalue weighted by molar-refractivity contribution is 7.91. The summed E-state index contributed by atoms with van der Waals surface area (Å²) in [7, 11) is 0.379. The van der Waals surface area contributed by atoms with Crippen LogP contribution in [0.2, 0.25) is 0 Å². The Labute approximate surface area is 219 Å². The number of nitrogens with zero attached hydrogens (tertiary/aromatic N) is 1. The molecule has 3 N–H and O–H groups in total. The van der Waals surface area contributed by atoms with Crippen LogP contribution in [0.3, 0.4) is 0 Å². The molecule has 1 aromatic heterocycles. The third-order valence-corrected chi connectivity index (χ3v) is 8.35. The van der Waals surface area contributed by atoms with E-state index in [2.05, 4.69) is 10.3 Å². The monoisotopic (exact) mass is 537 g/mol. The maximum absolute atomic E-state index is 13.9. The molecule has 38 heavy (non-hydrogen) atoms. The second-order valence-corrected chi connectivity index (χ2v) is 10.8. The third-order valence-electron chi connectivity index (χ3n) is 6.32. The maximum atomic E-state index is 13.9. The molecule has 0 unspecified atom stereocenters. The smallest absolute Gasteiger partial charge is 0.337 e. The fourth-order valence-electron chi connectivity index (χ4n) is 4.44. The predicted molar refractivity (Wildman–Crippen MR) is 141 cm³/mol. The Hall–Kier alpha value is -4.38. The van der Waals surface area contributed by atoms with E-state index in [0.29, 0.717) is 22.7 Å².